The summed E-state index contributed by atoms with van der Waals surface area (Å²) in [6.45, 7) is 0.605. The Morgan fingerprint density at radius 3 is 2.73 bits per heavy atom. The van der Waals surface area contributed by atoms with Crippen molar-refractivity contribution >= 4 is 39.2 Å². The fourth-order valence-electron chi connectivity index (χ4n) is 2.29. The number of hydrogen-bond acceptors (Lipinski definition) is 4. The lowest BCUT2D eigenvalue weighted by atomic mass is 10.1. The van der Waals surface area contributed by atoms with Crippen LogP contribution in [0.2, 0.25) is 0 Å². The van der Waals surface area contributed by atoms with Gasteiger partial charge in [-0.05, 0) is 42.2 Å². The minimum absolute atomic E-state index is 0.0317. The predicted molar refractivity (Wildman–Crippen MR) is 93.6 cm³/mol. The van der Waals surface area contributed by atoms with Gasteiger partial charge in [-0.3, -0.25) is 4.79 Å². The molecule has 3 rings (SSSR count). The van der Waals surface area contributed by atoms with E-state index < -0.39 is 0 Å². The molecule has 0 fully saturated rings. The van der Waals surface area contributed by atoms with E-state index in [0.29, 0.717) is 12.1 Å². The first-order chi connectivity index (χ1) is 10.7. The number of rotatable bonds is 4. The summed E-state index contributed by atoms with van der Waals surface area (Å²) < 4.78 is 1.04. The first kappa shape index (κ1) is 15.1. The normalized spacial score (nSPS) is 10.8. The van der Waals surface area contributed by atoms with Gasteiger partial charge in [-0.15, -0.1) is 23.1 Å². The molecular formula is C17H16N2OS2. The van der Waals surface area contributed by atoms with Gasteiger partial charge >= 0.3 is 0 Å². The lowest BCUT2D eigenvalue weighted by Crippen LogP contribution is -2.26. The highest BCUT2D eigenvalue weighted by Gasteiger charge is 2.13. The van der Waals surface area contributed by atoms with Crippen molar-refractivity contribution < 1.29 is 4.79 Å². The van der Waals surface area contributed by atoms with Gasteiger partial charge in [-0.1, -0.05) is 12.1 Å². The molecule has 0 unspecified atom stereocenters. The molecule has 0 spiro atoms. The third-order valence-electron chi connectivity index (χ3n) is 3.50. The van der Waals surface area contributed by atoms with Crippen LogP contribution in [0.4, 0.5) is 0 Å². The minimum atomic E-state index is 0.0317. The average molecular weight is 328 g/mol. The van der Waals surface area contributed by atoms with E-state index in [1.165, 1.54) is 4.90 Å². The molecule has 0 saturated carbocycles. The molecule has 22 heavy (non-hydrogen) atoms. The fourth-order valence-corrected chi connectivity index (χ4v) is 3.41. The highest BCUT2D eigenvalue weighted by atomic mass is 32.2. The average Bonchev–Trinajstić information content (AvgIpc) is 3.02. The molecule has 0 aliphatic carbocycles. The van der Waals surface area contributed by atoms with E-state index >= 15 is 0 Å². The summed E-state index contributed by atoms with van der Waals surface area (Å²) in [5, 5.41) is 0. The van der Waals surface area contributed by atoms with Gasteiger partial charge in [-0.25, -0.2) is 4.98 Å². The molecule has 0 radical (unpaired) electrons. The number of thioether (sulfide) groups is 1. The monoisotopic (exact) mass is 328 g/mol. The molecule has 1 aromatic heterocycles. The maximum Gasteiger partial charge on any atom is 0.253 e. The third-order valence-corrected chi connectivity index (χ3v) is 5.04. The quantitative estimate of drug-likeness (QED) is 0.670. The number of nitrogens with zero attached hydrogens (tertiary/aromatic N) is 2. The van der Waals surface area contributed by atoms with Crippen LogP contribution in [0.15, 0.2) is 52.9 Å². The molecule has 5 heteroatoms. The summed E-state index contributed by atoms with van der Waals surface area (Å²) in [5.74, 6) is 0.0317. The number of thiazole rings is 1. The summed E-state index contributed by atoms with van der Waals surface area (Å²) in [6, 6.07) is 14.0. The van der Waals surface area contributed by atoms with Gasteiger partial charge in [0, 0.05) is 24.1 Å². The van der Waals surface area contributed by atoms with E-state index in [0.717, 1.165) is 15.8 Å². The first-order valence-corrected chi connectivity index (χ1v) is 8.99. The summed E-state index contributed by atoms with van der Waals surface area (Å²) >= 11 is 3.27. The van der Waals surface area contributed by atoms with Gasteiger partial charge in [0.05, 0.1) is 15.7 Å². The van der Waals surface area contributed by atoms with E-state index in [1.54, 1.807) is 33.5 Å². The van der Waals surface area contributed by atoms with Crippen LogP contribution in [0.5, 0.6) is 0 Å². The van der Waals surface area contributed by atoms with Gasteiger partial charge in [-0.2, -0.15) is 0 Å². The Balaban J connectivity index is 1.75. The van der Waals surface area contributed by atoms with E-state index in [4.69, 9.17) is 0 Å². The summed E-state index contributed by atoms with van der Waals surface area (Å²) in [7, 11) is 1.84. The van der Waals surface area contributed by atoms with Crippen LogP contribution < -0.4 is 0 Å². The molecule has 0 atom stereocenters. The SMILES string of the molecule is CSc1ccc(CN(C)C(=O)c2ccc3ncsc3c2)cc1. The first-order valence-electron chi connectivity index (χ1n) is 6.89. The van der Waals surface area contributed by atoms with Crippen LogP contribution in [0.25, 0.3) is 10.2 Å². The maximum absolute atomic E-state index is 12.5. The van der Waals surface area contributed by atoms with Gasteiger partial charge in [0.25, 0.3) is 5.91 Å². The van der Waals surface area contributed by atoms with Crippen molar-refractivity contribution in [2.75, 3.05) is 13.3 Å². The number of aromatic nitrogens is 1. The number of hydrogen-bond donors (Lipinski definition) is 0. The van der Waals surface area contributed by atoms with Crippen LogP contribution in [0.3, 0.4) is 0 Å². The highest BCUT2D eigenvalue weighted by molar-refractivity contribution is 7.98. The topological polar surface area (TPSA) is 33.2 Å². The Bertz CT molecular complexity index is 796. The number of amides is 1. The van der Waals surface area contributed by atoms with Crippen molar-refractivity contribution in [3.05, 3.63) is 59.1 Å². The van der Waals surface area contributed by atoms with Crippen molar-refractivity contribution in [1.82, 2.24) is 9.88 Å². The van der Waals surface area contributed by atoms with Crippen molar-refractivity contribution in [2.45, 2.75) is 11.4 Å². The standard InChI is InChI=1S/C17H16N2OS2/c1-19(10-12-3-6-14(21-2)7-4-12)17(20)13-5-8-15-16(9-13)22-11-18-15/h3-9,11H,10H2,1-2H3. The summed E-state index contributed by atoms with van der Waals surface area (Å²) in [6.07, 6.45) is 2.06. The van der Waals surface area contributed by atoms with Gasteiger partial charge in [0.15, 0.2) is 0 Å². The van der Waals surface area contributed by atoms with Crippen LogP contribution in [-0.2, 0) is 6.54 Å². The van der Waals surface area contributed by atoms with E-state index in [2.05, 4.69) is 35.5 Å². The van der Waals surface area contributed by atoms with Gasteiger partial charge in [0.1, 0.15) is 0 Å². The molecular weight excluding hydrogens is 312 g/mol. The van der Waals surface area contributed by atoms with Crippen LogP contribution in [-0.4, -0.2) is 29.1 Å². The second-order valence-electron chi connectivity index (χ2n) is 5.04. The van der Waals surface area contributed by atoms with Gasteiger partial charge < -0.3 is 4.90 Å². The lowest BCUT2D eigenvalue weighted by Gasteiger charge is -2.17. The molecule has 112 valence electrons. The smallest absolute Gasteiger partial charge is 0.253 e. The Labute approximate surface area is 138 Å². The lowest BCUT2D eigenvalue weighted by molar-refractivity contribution is 0.0785. The Kier molecular flexibility index (Phi) is 4.45. The molecule has 1 heterocycles. The van der Waals surface area contributed by atoms with E-state index in [1.807, 2.05) is 25.2 Å². The predicted octanol–water partition coefficient (Wildman–Crippen LogP) is 4.29. The third kappa shape index (κ3) is 3.15. The molecule has 0 N–H and O–H groups in total. The maximum atomic E-state index is 12.5. The zero-order valence-corrected chi connectivity index (χ0v) is 14.1. The van der Waals surface area contributed by atoms with Gasteiger partial charge in [0.2, 0.25) is 0 Å². The minimum Gasteiger partial charge on any atom is -0.337 e. The number of fused-ring (bicyclic) bond motifs is 1. The zero-order valence-electron chi connectivity index (χ0n) is 12.4. The second kappa shape index (κ2) is 6.50. The Morgan fingerprint density at radius 2 is 2.00 bits per heavy atom. The molecule has 2 aromatic carbocycles. The second-order valence-corrected chi connectivity index (χ2v) is 6.81. The molecule has 0 aliphatic heterocycles. The molecule has 3 nitrogen and oxygen atoms in total. The molecule has 3 aromatic rings. The number of benzene rings is 2. The Morgan fingerprint density at radius 1 is 1.23 bits per heavy atom. The fraction of sp³-hybridized carbons (Fsp3) is 0.176. The van der Waals surface area contributed by atoms with Crippen molar-refractivity contribution in [3.8, 4) is 0 Å². The molecule has 0 bridgehead atoms. The largest absolute Gasteiger partial charge is 0.337 e. The molecule has 0 saturated heterocycles. The molecule has 1 amide bonds. The van der Waals surface area contributed by atoms with Crippen molar-refractivity contribution in [1.29, 1.82) is 0 Å². The van der Waals surface area contributed by atoms with Crippen LogP contribution >= 0.6 is 23.1 Å². The highest BCUT2D eigenvalue weighted by Crippen LogP contribution is 2.20. The van der Waals surface area contributed by atoms with E-state index in [-0.39, 0.29) is 5.91 Å². The van der Waals surface area contributed by atoms with E-state index in [9.17, 15) is 4.79 Å². The summed E-state index contributed by atoms with van der Waals surface area (Å²) in [4.78, 5) is 19.8. The van der Waals surface area contributed by atoms with Crippen LogP contribution in [0.1, 0.15) is 15.9 Å². The Hall–Kier alpha value is -1.85. The summed E-state index contributed by atoms with van der Waals surface area (Å²) in [5.41, 5.74) is 4.58. The number of carbonyl (C=O) groups is 1. The zero-order chi connectivity index (χ0) is 15.5. The van der Waals surface area contributed by atoms with Crippen LogP contribution in [0, 0.1) is 0 Å². The molecule has 0 aliphatic rings. The number of carbonyl (C=O) groups excluding carboxylic acids is 1. The van der Waals surface area contributed by atoms with Crippen molar-refractivity contribution in [2.24, 2.45) is 0 Å². The van der Waals surface area contributed by atoms with Crippen molar-refractivity contribution in [3.63, 3.8) is 0 Å².